The monoisotopic (exact) mass is 193 g/mol. The Bertz CT molecular complexity index is 291. The topological polar surface area (TPSA) is 48.4 Å². The summed E-state index contributed by atoms with van der Waals surface area (Å²) in [7, 11) is 1.87. The van der Waals surface area contributed by atoms with Crippen LogP contribution in [0.1, 0.15) is 0 Å². The molecule has 4 heteroatoms. The fourth-order valence-corrected chi connectivity index (χ4v) is 1.80. The molecule has 14 heavy (non-hydrogen) atoms. The van der Waals surface area contributed by atoms with E-state index in [2.05, 4.69) is 15.2 Å². The molecule has 0 saturated carbocycles. The second kappa shape index (κ2) is 3.94. The summed E-state index contributed by atoms with van der Waals surface area (Å²) in [5.41, 5.74) is 0. The van der Waals surface area contributed by atoms with E-state index in [1.165, 1.54) is 0 Å². The van der Waals surface area contributed by atoms with Crippen molar-refractivity contribution >= 4 is 5.82 Å². The zero-order chi connectivity index (χ0) is 9.97. The van der Waals surface area contributed by atoms with Crippen LogP contribution in [0, 0.1) is 0 Å². The van der Waals surface area contributed by atoms with Crippen molar-refractivity contribution in [3.63, 3.8) is 0 Å². The van der Waals surface area contributed by atoms with Crippen molar-refractivity contribution in [1.29, 1.82) is 0 Å². The minimum Gasteiger partial charge on any atom is -0.390 e. The van der Waals surface area contributed by atoms with Crippen LogP contribution < -0.4 is 10.2 Å². The minimum atomic E-state index is -0.304. The maximum Gasteiger partial charge on any atom is 0.128 e. The van der Waals surface area contributed by atoms with Gasteiger partial charge in [0.25, 0.3) is 0 Å². The molecular weight excluding hydrogens is 178 g/mol. The van der Waals surface area contributed by atoms with E-state index in [9.17, 15) is 5.11 Å². The van der Waals surface area contributed by atoms with Gasteiger partial charge >= 0.3 is 0 Å². The first-order valence-corrected chi connectivity index (χ1v) is 4.82. The molecule has 2 N–H and O–H groups in total. The van der Waals surface area contributed by atoms with Crippen molar-refractivity contribution < 1.29 is 5.11 Å². The van der Waals surface area contributed by atoms with Crippen LogP contribution in [-0.4, -0.2) is 42.4 Å². The predicted molar refractivity (Wildman–Crippen MR) is 55.3 cm³/mol. The first-order valence-electron chi connectivity index (χ1n) is 4.82. The summed E-state index contributed by atoms with van der Waals surface area (Å²) in [4.78, 5) is 6.34. The molecule has 0 spiro atoms. The molecule has 0 aliphatic carbocycles. The number of anilines is 1. The molecule has 1 aliphatic rings. The Morgan fingerprint density at radius 1 is 1.50 bits per heavy atom. The average molecular weight is 193 g/mol. The van der Waals surface area contributed by atoms with Gasteiger partial charge in [-0.2, -0.15) is 0 Å². The van der Waals surface area contributed by atoms with Crippen LogP contribution in [0.3, 0.4) is 0 Å². The number of pyridine rings is 1. The van der Waals surface area contributed by atoms with Gasteiger partial charge in [0.1, 0.15) is 5.82 Å². The molecule has 4 nitrogen and oxygen atoms in total. The summed E-state index contributed by atoms with van der Waals surface area (Å²) >= 11 is 0. The molecule has 76 valence electrons. The number of hydrogen-bond acceptors (Lipinski definition) is 4. The molecule has 0 amide bonds. The largest absolute Gasteiger partial charge is 0.390 e. The van der Waals surface area contributed by atoms with E-state index >= 15 is 0 Å². The Morgan fingerprint density at radius 3 is 2.93 bits per heavy atom. The van der Waals surface area contributed by atoms with Crippen LogP contribution >= 0.6 is 0 Å². The lowest BCUT2D eigenvalue weighted by Gasteiger charge is -2.16. The Labute approximate surface area is 83.6 Å². The molecular formula is C10H15N3O. The fourth-order valence-electron chi connectivity index (χ4n) is 1.80. The molecule has 1 saturated heterocycles. The number of hydrogen-bond donors (Lipinski definition) is 2. The van der Waals surface area contributed by atoms with Crippen LogP contribution in [-0.2, 0) is 0 Å². The van der Waals surface area contributed by atoms with Crippen molar-refractivity contribution in [1.82, 2.24) is 10.3 Å². The lowest BCUT2D eigenvalue weighted by molar-refractivity contribution is 0.168. The number of likely N-dealkylation sites (N-methyl/N-ethyl adjacent to an activating group) is 1. The van der Waals surface area contributed by atoms with Crippen molar-refractivity contribution in [2.75, 3.05) is 25.0 Å². The van der Waals surface area contributed by atoms with E-state index < -0.39 is 0 Å². The van der Waals surface area contributed by atoms with Crippen LogP contribution in [0.5, 0.6) is 0 Å². The van der Waals surface area contributed by atoms with Gasteiger partial charge in [0.05, 0.1) is 12.1 Å². The SMILES string of the molecule is CN[C@@H]1CN(c2ccccn2)C[C@H]1O. The summed E-state index contributed by atoms with van der Waals surface area (Å²) in [5.74, 6) is 0.935. The highest BCUT2D eigenvalue weighted by molar-refractivity contribution is 5.40. The van der Waals surface area contributed by atoms with Gasteiger partial charge in [0.15, 0.2) is 0 Å². The van der Waals surface area contributed by atoms with Crippen molar-refractivity contribution in [3.8, 4) is 0 Å². The van der Waals surface area contributed by atoms with Crippen LogP contribution in [0.4, 0.5) is 5.82 Å². The highest BCUT2D eigenvalue weighted by atomic mass is 16.3. The van der Waals surface area contributed by atoms with E-state index in [-0.39, 0.29) is 12.1 Å². The molecule has 1 aromatic rings. The number of aliphatic hydroxyl groups is 1. The number of nitrogens with zero attached hydrogens (tertiary/aromatic N) is 2. The van der Waals surface area contributed by atoms with Crippen LogP contribution in [0.15, 0.2) is 24.4 Å². The van der Waals surface area contributed by atoms with Crippen molar-refractivity contribution in [3.05, 3.63) is 24.4 Å². The van der Waals surface area contributed by atoms with Crippen LogP contribution in [0.2, 0.25) is 0 Å². The van der Waals surface area contributed by atoms with E-state index in [1.807, 2.05) is 25.2 Å². The van der Waals surface area contributed by atoms with Gasteiger partial charge < -0.3 is 15.3 Å². The van der Waals surface area contributed by atoms with Gasteiger partial charge in [-0.15, -0.1) is 0 Å². The normalized spacial score (nSPS) is 26.9. The van der Waals surface area contributed by atoms with Gasteiger partial charge in [0, 0.05) is 19.3 Å². The summed E-state index contributed by atoms with van der Waals surface area (Å²) < 4.78 is 0. The maximum atomic E-state index is 9.69. The van der Waals surface area contributed by atoms with Gasteiger partial charge in [-0.25, -0.2) is 4.98 Å². The van der Waals surface area contributed by atoms with E-state index in [0.29, 0.717) is 6.54 Å². The minimum absolute atomic E-state index is 0.150. The number of aliphatic hydroxyl groups excluding tert-OH is 1. The molecule has 0 aromatic carbocycles. The van der Waals surface area contributed by atoms with Gasteiger partial charge in [-0.05, 0) is 19.2 Å². The van der Waals surface area contributed by atoms with E-state index in [4.69, 9.17) is 0 Å². The third kappa shape index (κ3) is 1.71. The number of β-amino-alcohol motifs (C(OH)–C–C–N with tert-alkyl or cyclic N) is 1. The lowest BCUT2D eigenvalue weighted by atomic mass is 10.2. The molecule has 1 aliphatic heterocycles. The maximum absolute atomic E-state index is 9.69. The fraction of sp³-hybridized carbons (Fsp3) is 0.500. The molecule has 2 heterocycles. The van der Waals surface area contributed by atoms with E-state index in [0.717, 1.165) is 12.4 Å². The third-order valence-electron chi connectivity index (χ3n) is 2.63. The molecule has 0 unspecified atom stereocenters. The summed E-state index contributed by atoms with van der Waals surface area (Å²) in [5, 5.41) is 12.8. The molecule has 2 atom stereocenters. The second-order valence-corrected chi connectivity index (χ2v) is 3.56. The number of aromatic nitrogens is 1. The quantitative estimate of drug-likeness (QED) is 0.686. The van der Waals surface area contributed by atoms with Gasteiger partial charge in [-0.1, -0.05) is 6.07 Å². The smallest absolute Gasteiger partial charge is 0.128 e. The predicted octanol–water partition coefficient (Wildman–Crippen LogP) is -0.150. The first-order chi connectivity index (χ1) is 6.81. The molecule has 0 radical (unpaired) electrons. The van der Waals surface area contributed by atoms with Crippen LogP contribution in [0.25, 0.3) is 0 Å². The lowest BCUT2D eigenvalue weighted by Crippen LogP contribution is -2.36. The Kier molecular flexibility index (Phi) is 2.65. The zero-order valence-corrected chi connectivity index (χ0v) is 8.22. The highest BCUT2D eigenvalue weighted by Gasteiger charge is 2.30. The molecule has 0 bridgehead atoms. The summed E-state index contributed by atoms with van der Waals surface area (Å²) in [6.07, 6.45) is 1.47. The zero-order valence-electron chi connectivity index (χ0n) is 8.22. The Morgan fingerprint density at radius 2 is 2.36 bits per heavy atom. The summed E-state index contributed by atoms with van der Waals surface area (Å²) in [6, 6.07) is 5.97. The van der Waals surface area contributed by atoms with Crippen molar-refractivity contribution in [2.45, 2.75) is 12.1 Å². The number of rotatable bonds is 2. The average Bonchev–Trinajstić information content (AvgIpc) is 2.61. The second-order valence-electron chi connectivity index (χ2n) is 3.56. The van der Waals surface area contributed by atoms with E-state index in [1.54, 1.807) is 6.20 Å². The summed E-state index contributed by atoms with van der Waals surface area (Å²) in [6.45, 7) is 1.47. The molecule has 2 rings (SSSR count). The molecule has 1 fully saturated rings. The first kappa shape index (κ1) is 9.43. The van der Waals surface area contributed by atoms with Gasteiger partial charge in [0.2, 0.25) is 0 Å². The van der Waals surface area contributed by atoms with Crippen molar-refractivity contribution in [2.24, 2.45) is 0 Å². The number of nitrogens with one attached hydrogen (secondary N) is 1. The Balaban J connectivity index is 2.09. The Hall–Kier alpha value is -1.13. The highest BCUT2D eigenvalue weighted by Crippen LogP contribution is 2.17. The standard InChI is InChI=1S/C10H15N3O/c1-11-8-6-13(7-9(8)14)10-4-2-3-5-12-10/h2-5,8-9,11,14H,6-7H2,1H3/t8-,9-/m1/s1. The van der Waals surface area contributed by atoms with Gasteiger partial charge in [-0.3, -0.25) is 0 Å². The third-order valence-corrected chi connectivity index (χ3v) is 2.63. The molecule has 1 aromatic heterocycles.